The van der Waals surface area contributed by atoms with E-state index in [1.807, 2.05) is 6.92 Å². The van der Waals surface area contributed by atoms with Gasteiger partial charge in [0.15, 0.2) is 0 Å². The fourth-order valence-corrected chi connectivity index (χ4v) is 5.83. The van der Waals surface area contributed by atoms with Crippen molar-refractivity contribution in [3.8, 4) is 0 Å². The van der Waals surface area contributed by atoms with Crippen molar-refractivity contribution in [1.82, 2.24) is 10.6 Å². The van der Waals surface area contributed by atoms with Gasteiger partial charge in [-0.25, -0.2) is 8.42 Å². The van der Waals surface area contributed by atoms with Gasteiger partial charge in [-0.1, -0.05) is 71.1 Å². The van der Waals surface area contributed by atoms with Crippen LogP contribution in [-0.2, 0) is 30.3 Å². The molecule has 288 valence electrons. The standard InChI is InChI=1S/C18H38N2O4S.C16H34N2O.2Na.O3S/c1-5-12-17(25(22,23)24)13-9-7-6-8-10-14-18(21)19-15-11-16-20(2,3)4;1-5-6-7-8-9-10-11-13-16(19)17-14-12-15-18(2,3)4;;;1-4(2)3/h17H,5-16H2,1-4H3,(H-,19,21,22,23,24);1,5-15H2,2-4H3,(H,17,19);;;/q;;2*+1;. The van der Waals surface area contributed by atoms with Gasteiger partial charge < -0.3 is 31.1 Å². The van der Waals surface area contributed by atoms with Gasteiger partial charge in [0.2, 0.25) is 11.8 Å². The van der Waals surface area contributed by atoms with Crippen molar-refractivity contribution >= 4 is 32.5 Å². The first kappa shape index (κ1) is 59.7. The summed E-state index contributed by atoms with van der Waals surface area (Å²) in [6, 6.07) is 0. The maximum atomic E-state index is 11.7. The van der Waals surface area contributed by atoms with Crippen LogP contribution in [0.2, 0.25) is 0 Å². The Bertz CT molecular complexity index is 1020. The van der Waals surface area contributed by atoms with Crippen LogP contribution in [0.15, 0.2) is 0 Å². The number of amides is 2. The Hall–Kier alpha value is 0.390. The summed E-state index contributed by atoms with van der Waals surface area (Å²) in [7, 11) is 5.67. The SMILES string of the molecule is CCCC(CCCCCCCC(=O)NCCC[N+](C)(C)C)S(=O)(=O)[O-].O=S(=O)=O.[CH2-]CCCCCCCCC(=O)NCCC[N+](C)(C)C.[Na+].[Na+]. The third-order valence-electron chi connectivity index (χ3n) is 7.51. The fourth-order valence-electron chi connectivity index (χ4n) is 4.85. The van der Waals surface area contributed by atoms with Crippen molar-refractivity contribution in [3.05, 3.63) is 6.92 Å². The third-order valence-corrected chi connectivity index (χ3v) is 8.80. The topological polar surface area (TPSA) is 167 Å². The van der Waals surface area contributed by atoms with Crippen LogP contribution in [0.1, 0.15) is 129 Å². The number of hydrogen-bond acceptors (Lipinski definition) is 8. The van der Waals surface area contributed by atoms with Crippen molar-refractivity contribution in [2.24, 2.45) is 0 Å². The van der Waals surface area contributed by atoms with Crippen LogP contribution in [0.25, 0.3) is 0 Å². The summed E-state index contributed by atoms with van der Waals surface area (Å²) in [5, 5.41) is 5.23. The molecule has 0 aliphatic carbocycles. The quantitative estimate of drug-likeness (QED) is 0.0346. The molecule has 0 saturated carbocycles. The molecule has 0 bridgehead atoms. The fraction of sp³-hybridized carbons (Fsp3) is 0.912. The van der Waals surface area contributed by atoms with E-state index in [1.54, 1.807) is 0 Å². The van der Waals surface area contributed by atoms with Crippen LogP contribution < -0.4 is 69.7 Å². The van der Waals surface area contributed by atoms with Crippen LogP contribution in [0.3, 0.4) is 0 Å². The number of rotatable bonds is 27. The van der Waals surface area contributed by atoms with Crippen molar-refractivity contribution in [2.45, 2.75) is 134 Å². The molecule has 0 fully saturated rings. The van der Waals surface area contributed by atoms with E-state index < -0.39 is 26.0 Å². The van der Waals surface area contributed by atoms with Gasteiger partial charge in [-0.2, -0.15) is 6.42 Å². The summed E-state index contributed by atoms with van der Waals surface area (Å²) >= 11 is 0. The molecule has 16 heteroatoms. The van der Waals surface area contributed by atoms with Crippen molar-refractivity contribution in [3.63, 3.8) is 0 Å². The van der Waals surface area contributed by atoms with Gasteiger partial charge in [0, 0.05) is 44.0 Å². The smallest absolute Gasteiger partial charge is 0.748 e. The maximum absolute atomic E-state index is 11.7. The Labute approximate surface area is 353 Å². The molecule has 1 atom stereocenters. The van der Waals surface area contributed by atoms with Crippen LogP contribution in [-0.4, -0.2) is 120 Å². The molecule has 0 saturated heterocycles. The van der Waals surface area contributed by atoms with Gasteiger partial charge in [0.25, 0.3) is 0 Å². The Balaban J connectivity index is -0.000000241. The maximum Gasteiger partial charge on any atom is 1.00 e. The average Bonchev–Trinajstić information content (AvgIpc) is 2.94. The molecule has 0 heterocycles. The van der Waals surface area contributed by atoms with Crippen molar-refractivity contribution < 1.29 is 103 Å². The Morgan fingerprint density at radius 2 is 0.980 bits per heavy atom. The molecule has 0 radical (unpaired) electrons. The van der Waals surface area contributed by atoms with Crippen molar-refractivity contribution in [2.75, 3.05) is 68.5 Å². The molecule has 0 aromatic rings. The predicted octanol–water partition coefficient (Wildman–Crippen LogP) is -1.20. The molecule has 0 spiro atoms. The van der Waals surface area contributed by atoms with E-state index in [0.29, 0.717) is 25.7 Å². The zero-order valence-corrected chi connectivity index (χ0v) is 39.2. The molecular weight excluding hydrogens is 703 g/mol. The zero-order chi connectivity index (χ0) is 37.5. The van der Waals surface area contributed by atoms with Gasteiger partial charge in [-0.05, 0) is 25.7 Å². The van der Waals surface area contributed by atoms with Gasteiger partial charge in [-0.3, -0.25) is 9.59 Å². The largest absolute Gasteiger partial charge is 1.00 e. The first-order valence-electron chi connectivity index (χ1n) is 17.9. The minimum absolute atomic E-state index is 0. The van der Waals surface area contributed by atoms with E-state index in [2.05, 4.69) is 59.8 Å². The monoisotopic (exact) mass is 774 g/mol. The number of carbonyl (C=O) groups is 2. The second-order valence-electron chi connectivity index (χ2n) is 14.6. The summed E-state index contributed by atoms with van der Waals surface area (Å²) in [6.45, 7) is 9.43. The van der Waals surface area contributed by atoms with Crippen LogP contribution in [0, 0.1) is 6.92 Å². The Kier molecular flexibility index (Phi) is 45.0. The minimum Gasteiger partial charge on any atom is -0.748 e. The molecule has 0 aliphatic heterocycles. The third kappa shape index (κ3) is 55.2. The first-order chi connectivity index (χ1) is 22.2. The molecule has 50 heavy (non-hydrogen) atoms. The Morgan fingerprint density at radius 1 is 0.640 bits per heavy atom. The summed E-state index contributed by atoms with van der Waals surface area (Å²) in [5.74, 6) is 0.334. The summed E-state index contributed by atoms with van der Waals surface area (Å²) in [5.41, 5.74) is 0. The molecule has 12 nitrogen and oxygen atoms in total. The Morgan fingerprint density at radius 3 is 1.30 bits per heavy atom. The van der Waals surface area contributed by atoms with Gasteiger partial charge >= 0.3 is 69.7 Å². The number of nitrogens with one attached hydrogen (secondary N) is 2. The molecule has 2 N–H and O–H groups in total. The van der Waals surface area contributed by atoms with E-state index in [1.165, 1.54) is 32.1 Å². The van der Waals surface area contributed by atoms with Gasteiger partial charge in [0.05, 0.1) is 65.5 Å². The van der Waals surface area contributed by atoms with Crippen LogP contribution in [0.5, 0.6) is 0 Å². The van der Waals surface area contributed by atoms with Crippen molar-refractivity contribution in [1.29, 1.82) is 0 Å². The molecule has 1 unspecified atom stereocenters. The van der Waals surface area contributed by atoms with E-state index in [4.69, 9.17) is 12.6 Å². The van der Waals surface area contributed by atoms with E-state index in [0.717, 1.165) is 99.4 Å². The summed E-state index contributed by atoms with van der Waals surface area (Å²) in [4.78, 5) is 23.3. The van der Waals surface area contributed by atoms with Gasteiger partial charge in [-0.15, -0.1) is 12.6 Å². The number of carbonyl (C=O) groups excluding carboxylic acids is 2. The molecule has 0 rings (SSSR count). The first-order valence-corrected chi connectivity index (χ1v) is 20.4. The molecule has 0 aromatic heterocycles. The van der Waals surface area contributed by atoms with E-state index in [-0.39, 0.29) is 70.9 Å². The number of nitrogens with zero attached hydrogens (tertiary/aromatic N) is 2. The average molecular weight is 775 g/mol. The van der Waals surface area contributed by atoms with Crippen LogP contribution >= 0.6 is 0 Å². The van der Waals surface area contributed by atoms with Gasteiger partial charge in [0.1, 0.15) is 0 Å². The molecule has 0 aliphatic rings. The van der Waals surface area contributed by atoms with E-state index >= 15 is 0 Å². The minimum atomic E-state index is -4.16. The van der Waals surface area contributed by atoms with Crippen LogP contribution in [0.4, 0.5) is 0 Å². The second-order valence-corrected chi connectivity index (χ2v) is 16.6. The molecule has 0 aromatic carbocycles. The second kappa shape index (κ2) is 37.7. The summed E-state index contributed by atoms with van der Waals surface area (Å²) < 4.78 is 60.6. The number of unbranched alkanes of at least 4 members (excludes halogenated alkanes) is 10. The number of hydrogen-bond donors (Lipinski definition) is 2. The number of quaternary nitrogens is 2. The summed E-state index contributed by atoms with van der Waals surface area (Å²) in [6.07, 6.45) is 17.8. The molecule has 2 amide bonds. The normalized spacial score (nSPS) is 11.7. The molecular formula is C34H72N4Na2O8S2+2. The zero-order valence-electron chi connectivity index (χ0n) is 33.5. The van der Waals surface area contributed by atoms with E-state index in [9.17, 15) is 22.6 Å². The predicted molar refractivity (Wildman–Crippen MR) is 194 cm³/mol.